The maximum Gasteiger partial charge on any atom is 0.0642 e. The molecule has 0 spiro atoms. The minimum absolute atomic E-state index is 0.766. The van der Waals surface area contributed by atoms with Crippen LogP contribution in [0, 0.1) is 0 Å². The van der Waals surface area contributed by atoms with Crippen LogP contribution in [0.15, 0.2) is 70.5 Å². The SMILES string of the molecule is Clc1ccc(/C=C2\CCC(/C=N/N3CCN(Cc4ccccc4Cl)CC3)=C2N2CCOCC2)cc1. The zero-order valence-corrected chi connectivity index (χ0v) is 21.5. The number of allylic oxidation sites excluding steroid dienone is 2. The van der Waals surface area contributed by atoms with Gasteiger partial charge in [-0.05, 0) is 59.4 Å². The number of morpholine rings is 1. The molecule has 7 heteroatoms. The molecule has 2 aromatic rings. The summed E-state index contributed by atoms with van der Waals surface area (Å²) in [7, 11) is 0. The van der Waals surface area contributed by atoms with E-state index in [2.05, 4.69) is 51.4 Å². The number of halogens is 2. The molecule has 2 saturated heterocycles. The molecule has 0 aromatic heterocycles. The number of hydrazone groups is 1. The Morgan fingerprint density at radius 3 is 2.34 bits per heavy atom. The largest absolute Gasteiger partial charge is 0.378 e. The number of nitrogens with zero attached hydrogens (tertiary/aromatic N) is 4. The molecule has 35 heavy (non-hydrogen) atoms. The Balaban J connectivity index is 1.27. The summed E-state index contributed by atoms with van der Waals surface area (Å²) in [6.07, 6.45) is 6.46. The Morgan fingerprint density at radius 1 is 0.857 bits per heavy atom. The second-order valence-corrected chi connectivity index (χ2v) is 10.1. The fraction of sp³-hybridized carbons (Fsp3) is 0.393. The van der Waals surface area contributed by atoms with Gasteiger partial charge >= 0.3 is 0 Å². The van der Waals surface area contributed by atoms with Gasteiger partial charge in [0.2, 0.25) is 0 Å². The summed E-state index contributed by atoms with van der Waals surface area (Å²) in [4.78, 5) is 4.93. The first-order chi connectivity index (χ1) is 17.2. The van der Waals surface area contributed by atoms with E-state index in [9.17, 15) is 0 Å². The first kappa shape index (κ1) is 24.4. The van der Waals surface area contributed by atoms with Crippen molar-refractivity contribution in [2.24, 2.45) is 5.10 Å². The van der Waals surface area contributed by atoms with E-state index in [1.807, 2.05) is 24.3 Å². The zero-order valence-electron chi connectivity index (χ0n) is 20.0. The van der Waals surface area contributed by atoms with Crippen molar-refractivity contribution in [3.8, 4) is 0 Å². The average Bonchev–Trinajstić information content (AvgIpc) is 3.29. The van der Waals surface area contributed by atoms with E-state index >= 15 is 0 Å². The van der Waals surface area contributed by atoms with Gasteiger partial charge in [0.1, 0.15) is 0 Å². The second kappa shape index (κ2) is 11.6. The minimum atomic E-state index is 0.766. The first-order valence-corrected chi connectivity index (χ1v) is 13.2. The molecule has 2 fully saturated rings. The number of piperazine rings is 1. The predicted octanol–water partition coefficient (Wildman–Crippen LogP) is 5.56. The highest BCUT2D eigenvalue weighted by molar-refractivity contribution is 6.31. The molecule has 0 N–H and O–H groups in total. The summed E-state index contributed by atoms with van der Waals surface area (Å²) in [5.41, 5.74) is 6.41. The lowest BCUT2D eigenvalue weighted by Gasteiger charge is -2.33. The van der Waals surface area contributed by atoms with Crippen LogP contribution in [0.5, 0.6) is 0 Å². The number of ether oxygens (including phenoxy) is 1. The van der Waals surface area contributed by atoms with E-state index in [1.54, 1.807) is 0 Å². The van der Waals surface area contributed by atoms with Gasteiger partial charge in [-0.3, -0.25) is 9.91 Å². The highest BCUT2D eigenvalue weighted by atomic mass is 35.5. The molecule has 1 aliphatic carbocycles. The molecule has 5 rings (SSSR count). The van der Waals surface area contributed by atoms with Crippen LogP contribution in [0.2, 0.25) is 10.0 Å². The number of benzene rings is 2. The smallest absolute Gasteiger partial charge is 0.0642 e. The fourth-order valence-electron chi connectivity index (χ4n) is 4.96. The van der Waals surface area contributed by atoms with E-state index in [1.165, 1.54) is 28.0 Å². The Morgan fingerprint density at radius 2 is 1.60 bits per heavy atom. The molecule has 3 aliphatic rings. The van der Waals surface area contributed by atoms with Crippen LogP contribution >= 0.6 is 23.2 Å². The molecular formula is C28H32Cl2N4O. The predicted molar refractivity (Wildman–Crippen MR) is 145 cm³/mol. The van der Waals surface area contributed by atoms with E-state index < -0.39 is 0 Å². The third-order valence-corrected chi connectivity index (χ3v) is 7.51. The zero-order chi connectivity index (χ0) is 24.0. The number of hydrogen-bond donors (Lipinski definition) is 0. The Labute approximate surface area is 218 Å². The quantitative estimate of drug-likeness (QED) is 0.476. The molecular weight excluding hydrogens is 479 g/mol. The lowest BCUT2D eigenvalue weighted by Crippen LogP contribution is -2.43. The van der Waals surface area contributed by atoms with Crippen molar-refractivity contribution in [3.63, 3.8) is 0 Å². The molecule has 0 saturated carbocycles. The Hall–Kier alpha value is -2.31. The molecule has 5 nitrogen and oxygen atoms in total. The van der Waals surface area contributed by atoms with Gasteiger partial charge < -0.3 is 9.64 Å². The number of hydrogen-bond acceptors (Lipinski definition) is 5. The van der Waals surface area contributed by atoms with E-state index in [-0.39, 0.29) is 0 Å². The van der Waals surface area contributed by atoms with Crippen LogP contribution in [0.4, 0.5) is 0 Å². The summed E-state index contributed by atoms with van der Waals surface area (Å²) < 4.78 is 5.62. The normalized spacial score (nSPS) is 21.0. The van der Waals surface area contributed by atoms with Gasteiger partial charge in [-0.25, -0.2) is 0 Å². The third kappa shape index (κ3) is 6.28. The van der Waals surface area contributed by atoms with Gasteiger partial charge in [-0.15, -0.1) is 0 Å². The topological polar surface area (TPSA) is 31.3 Å². The van der Waals surface area contributed by atoms with Crippen molar-refractivity contribution in [2.75, 3.05) is 52.5 Å². The molecule has 0 bridgehead atoms. The minimum Gasteiger partial charge on any atom is -0.378 e. The average molecular weight is 511 g/mol. The van der Waals surface area contributed by atoms with Gasteiger partial charge in [0, 0.05) is 61.6 Å². The third-order valence-electron chi connectivity index (χ3n) is 6.89. The molecule has 184 valence electrons. The summed E-state index contributed by atoms with van der Waals surface area (Å²) in [6, 6.07) is 16.2. The lowest BCUT2D eigenvalue weighted by atomic mass is 10.1. The lowest BCUT2D eigenvalue weighted by molar-refractivity contribution is 0.0548. The molecule has 2 aromatic carbocycles. The van der Waals surface area contributed by atoms with Gasteiger partial charge in [0.15, 0.2) is 0 Å². The van der Waals surface area contributed by atoms with Gasteiger partial charge in [0.25, 0.3) is 0 Å². The molecule has 2 aliphatic heterocycles. The summed E-state index contributed by atoms with van der Waals surface area (Å²) in [5, 5.41) is 8.73. The van der Waals surface area contributed by atoms with Crippen molar-refractivity contribution in [2.45, 2.75) is 19.4 Å². The number of rotatable bonds is 6. The van der Waals surface area contributed by atoms with Crippen molar-refractivity contribution in [3.05, 3.63) is 86.5 Å². The highest BCUT2D eigenvalue weighted by Crippen LogP contribution is 2.35. The first-order valence-electron chi connectivity index (χ1n) is 12.4. The van der Waals surface area contributed by atoms with Gasteiger partial charge in [-0.1, -0.05) is 53.5 Å². The maximum absolute atomic E-state index is 6.35. The summed E-state index contributed by atoms with van der Waals surface area (Å²) in [5.74, 6) is 0. The highest BCUT2D eigenvalue weighted by Gasteiger charge is 2.26. The molecule has 0 unspecified atom stereocenters. The molecule has 0 radical (unpaired) electrons. The van der Waals surface area contributed by atoms with Crippen molar-refractivity contribution < 1.29 is 4.74 Å². The van der Waals surface area contributed by atoms with Crippen LogP contribution < -0.4 is 0 Å². The van der Waals surface area contributed by atoms with Crippen LogP contribution in [-0.2, 0) is 11.3 Å². The van der Waals surface area contributed by atoms with E-state index in [4.69, 9.17) is 33.0 Å². The van der Waals surface area contributed by atoms with Gasteiger partial charge in [-0.2, -0.15) is 5.10 Å². The molecule has 0 amide bonds. The Bertz CT molecular complexity index is 1100. The van der Waals surface area contributed by atoms with Crippen LogP contribution in [-0.4, -0.2) is 73.5 Å². The summed E-state index contributed by atoms with van der Waals surface area (Å²) >= 11 is 12.4. The van der Waals surface area contributed by atoms with E-state index in [0.29, 0.717) is 0 Å². The van der Waals surface area contributed by atoms with Crippen LogP contribution in [0.3, 0.4) is 0 Å². The maximum atomic E-state index is 6.35. The molecule has 2 heterocycles. The fourth-order valence-corrected chi connectivity index (χ4v) is 5.28. The van der Waals surface area contributed by atoms with Crippen LogP contribution in [0.25, 0.3) is 6.08 Å². The van der Waals surface area contributed by atoms with Crippen molar-refractivity contribution >= 4 is 35.5 Å². The summed E-state index contributed by atoms with van der Waals surface area (Å²) in [6.45, 7) is 8.10. The van der Waals surface area contributed by atoms with Gasteiger partial charge in [0.05, 0.1) is 19.4 Å². The Kier molecular flexibility index (Phi) is 8.09. The van der Waals surface area contributed by atoms with Crippen LogP contribution in [0.1, 0.15) is 24.0 Å². The second-order valence-electron chi connectivity index (χ2n) is 9.26. The van der Waals surface area contributed by atoms with Crippen molar-refractivity contribution in [1.82, 2.24) is 14.8 Å². The monoisotopic (exact) mass is 510 g/mol. The van der Waals surface area contributed by atoms with Crippen molar-refractivity contribution in [1.29, 1.82) is 0 Å². The van der Waals surface area contributed by atoms with E-state index in [0.717, 1.165) is 81.9 Å². The standard InChI is InChI=1S/C28H32Cl2N4O/c29-26-9-5-22(6-10-26)19-23-7-8-24(28(23)33-15-17-35-18-16-33)20-31-34-13-11-32(12-14-34)21-25-3-1-2-4-27(25)30/h1-6,9-10,19-20H,7-8,11-18,21H2/b23-19+,31-20+. The molecule has 0 atom stereocenters.